The van der Waals surface area contributed by atoms with E-state index in [0.717, 1.165) is 12.1 Å². The lowest BCUT2D eigenvalue weighted by Crippen LogP contribution is -2.29. The third-order valence-corrected chi connectivity index (χ3v) is 6.38. The Hall–Kier alpha value is -2.60. The van der Waals surface area contributed by atoms with Crippen molar-refractivity contribution in [1.82, 2.24) is 9.55 Å². The van der Waals surface area contributed by atoms with E-state index in [9.17, 15) is 31.2 Å². The van der Waals surface area contributed by atoms with Crippen LogP contribution in [0.4, 0.5) is 13.2 Å². The Balaban J connectivity index is 1.90. The Morgan fingerprint density at radius 1 is 1.13 bits per heavy atom. The summed E-state index contributed by atoms with van der Waals surface area (Å²) in [5.74, 6) is -0.883. The number of sulfone groups is 1. The molecule has 31 heavy (non-hydrogen) atoms. The highest BCUT2D eigenvalue weighted by molar-refractivity contribution is 7.91. The van der Waals surface area contributed by atoms with Crippen molar-refractivity contribution in [3.8, 4) is 5.75 Å². The summed E-state index contributed by atoms with van der Waals surface area (Å²) in [6, 6.07) is 5.48. The first kappa shape index (κ1) is 24.7. The van der Waals surface area contributed by atoms with Gasteiger partial charge in [0.2, 0.25) is 0 Å². The summed E-state index contributed by atoms with van der Waals surface area (Å²) in [5.41, 5.74) is -1.80. The summed E-state index contributed by atoms with van der Waals surface area (Å²) in [6.07, 6.45) is -2.68. The zero-order chi connectivity index (χ0) is 23.3. The summed E-state index contributed by atoms with van der Waals surface area (Å²) in [6.45, 7) is 3.63. The van der Waals surface area contributed by atoms with E-state index >= 15 is 0 Å². The Morgan fingerprint density at radius 3 is 2.48 bits per heavy atom. The van der Waals surface area contributed by atoms with Gasteiger partial charge >= 0.3 is 12.1 Å². The van der Waals surface area contributed by atoms with Gasteiger partial charge in [-0.15, -0.1) is 13.2 Å². The van der Waals surface area contributed by atoms with E-state index in [1.54, 1.807) is 13.8 Å². The number of benzene rings is 1. The summed E-state index contributed by atoms with van der Waals surface area (Å²) < 4.78 is 72.8. The Bertz CT molecular complexity index is 1110. The number of hydrogen-bond acceptors (Lipinski definition) is 6. The van der Waals surface area contributed by atoms with E-state index in [-0.39, 0.29) is 24.0 Å². The molecule has 1 heterocycles. The summed E-state index contributed by atoms with van der Waals surface area (Å²) in [5, 5.41) is 0. The summed E-state index contributed by atoms with van der Waals surface area (Å²) in [4.78, 5) is 24.4. The zero-order valence-corrected chi connectivity index (χ0v) is 17.8. The number of H-pyrrole nitrogens is 1. The minimum Gasteiger partial charge on any atom is -0.406 e. The molecule has 0 amide bonds. The lowest BCUT2D eigenvalue weighted by atomic mass is 9.90. The van der Waals surface area contributed by atoms with Gasteiger partial charge in [0.15, 0.2) is 9.84 Å². The van der Waals surface area contributed by atoms with Crippen LogP contribution in [-0.2, 0) is 21.3 Å². The van der Waals surface area contributed by atoms with Crippen molar-refractivity contribution in [2.45, 2.75) is 44.7 Å². The van der Waals surface area contributed by atoms with E-state index in [4.69, 9.17) is 4.74 Å². The molecule has 0 bridgehead atoms. The van der Waals surface area contributed by atoms with Crippen LogP contribution in [0, 0.1) is 5.41 Å². The monoisotopic (exact) mass is 464 g/mol. The van der Waals surface area contributed by atoms with Crippen LogP contribution in [0.3, 0.4) is 0 Å². The highest BCUT2D eigenvalue weighted by atomic mass is 32.2. The number of ether oxygens (including phenoxy) is 2. The Labute approximate surface area is 176 Å². The van der Waals surface area contributed by atoms with Crippen molar-refractivity contribution in [2.24, 2.45) is 5.41 Å². The van der Waals surface area contributed by atoms with Gasteiger partial charge in [0.25, 0.3) is 5.56 Å². The van der Waals surface area contributed by atoms with E-state index in [2.05, 4.69) is 9.72 Å². The molecule has 0 spiro atoms. The van der Waals surface area contributed by atoms with Crippen LogP contribution in [0.2, 0.25) is 0 Å². The molecule has 0 atom stereocenters. The van der Waals surface area contributed by atoms with E-state index in [1.165, 1.54) is 29.0 Å². The third kappa shape index (κ3) is 8.21. The van der Waals surface area contributed by atoms with Gasteiger partial charge in [-0.3, -0.25) is 14.3 Å². The van der Waals surface area contributed by atoms with Gasteiger partial charge in [-0.05, 0) is 36.5 Å². The second-order valence-corrected chi connectivity index (χ2v) is 9.66. The number of alkyl halides is 3. The van der Waals surface area contributed by atoms with Gasteiger partial charge in [0.05, 0.1) is 10.6 Å². The average molecular weight is 464 g/mol. The quantitative estimate of drug-likeness (QED) is 0.542. The molecule has 0 unspecified atom stereocenters. The van der Waals surface area contributed by atoms with E-state index < -0.39 is 38.6 Å². The van der Waals surface area contributed by atoms with Crippen molar-refractivity contribution in [1.29, 1.82) is 0 Å². The number of rotatable bonds is 10. The molecule has 1 N–H and O–H groups in total. The fourth-order valence-electron chi connectivity index (χ4n) is 2.90. The van der Waals surface area contributed by atoms with Crippen molar-refractivity contribution in [3.63, 3.8) is 0 Å². The second kappa shape index (κ2) is 9.69. The van der Waals surface area contributed by atoms with Gasteiger partial charge in [-0.1, -0.05) is 19.9 Å². The predicted molar refractivity (Wildman–Crippen MR) is 105 cm³/mol. The van der Waals surface area contributed by atoms with Crippen LogP contribution in [0.25, 0.3) is 0 Å². The topological polar surface area (TPSA) is 107 Å². The maximum atomic E-state index is 12.7. The molecular formula is C19H23F3N2O6S. The predicted octanol–water partition coefficient (Wildman–Crippen LogP) is 2.69. The first-order valence-corrected chi connectivity index (χ1v) is 10.9. The number of aromatic nitrogens is 2. The van der Waals surface area contributed by atoms with Crippen LogP contribution < -0.4 is 16.0 Å². The van der Waals surface area contributed by atoms with Crippen molar-refractivity contribution in [2.75, 3.05) is 12.4 Å². The molecule has 1 aromatic carbocycles. The van der Waals surface area contributed by atoms with Crippen LogP contribution >= 0.6 is 0 Å². The molecule has 12 heteroatoms. The van der Waals surface area contributed by atoms with Gasteiger partial charge < -0.3 is 9.47 Å². The van der Waals surface area contributed by atoms with Crippen LogP contribution in [0.5, 0.6) is 5.75 Å². The first-order chi connectivity index (χ1) is 14.3. The maximum Gasteiger partial charge on any atom is 0.573 e. The lowest BCUT2D eigenvalue weighted by molar-refractivity contribution is -0.274. The standard InChI is InChI=1S/C19H23F3N2O6S/c1-18(2,8-4-10-29-13-24-9-7-16(25)23-17(24)26)12-31(27,28)15-6-3-5-14(11-15)30-19(20,21)22/h3,5-7,9,11H,4,8,10,12-13H2,1-2H3,(H,23,25,26). The smallest absolute Gasteiger partial charge is 0.406 e. The molecule has 0 radical (unpaired) electrons. The number of nitrogens with one attached hydrogen (secondary N) is 1. The summed E-state index contributed by atoms with van der Waals surface area (Å²) >= 11 is 0. The Kier molecular flexibility index (Phi) is 7.71. The first-order valence-electron chi connectivity index (χ1n) is 9.24. The molecule has 0 aliphatic carbocycles. The fourth-order valence-corrected chi connectivity index (χ4v) is 4.82. The molecule has 2 aromatic rings. The third-order valence-electron chi connectivity index (χ3n) is 4.25. The highest BCUT2D eigenvalue weighted by Crippen LogP contribution is 2.30. The minimum atomic E-state index is -4.91. The van der Waals surface area contributed by atoms with E-state index in [1.807, 2.05) is 0 Å². The van der Waals surface area contributed by atoms with Crippen molar-refractivity contribution < 1.29 is 31.1 Å². The van der Waals surface area contributed by atoms with Crippen LogP contribution in [0.15, 0.2) is 51.0 Å². The maximum absolute atomic E-state index is 12.7. The zero-order valence-electron chi connectivity index (χ0n) is 16.9. The second-order valence-electron chi connectivity index (χ2n) is 7.67. The Morgan fingerprint density at radius 2 is 1.84 bits per heavy atom. The molecule has 2 rings (SSSR count). The van der Waals surface area contributed by atoms with Crippen molar-refractivity contribution >= 4 is 9.84 Å². The molecule has 1 aromatic heterocycles. The minimum absolute atomic E-state index is 0.0691. The van der Waals surface area contributed by atoms with Crippen LogP contribution in [0.1, 0.15) is 26.7 Å². The van der Waals surface area contributed by atoms with Gasteiger partial charge in [-0.25, -0.2) is 13.2 Å². The van der Waals surface area contributed by atoms with Gasteiger partial charge in [-0.2, -0.15) is 0 Å². The van der Waals surface area contributed by atoms with Gasteiger partial charge in [0, 0.05) is 18.9 Å². The molecule has 8 nitrogen and oxygen atoms in total. The molecule has 0 aliphatic heterocycles. The van der Waals surface area contributed by atoms with Gasteiger partial charge in [0.1, 0.15) is 12.5 Å². The normalized spacial score (nSPS) is 12.7. The molecule has 0 aliphatic rings. The fraction of sp³-hybridized carbons (Fsp3) is 0.474. The number of halogens is 3. The molecular weight excluding hydrogens is 441 g/mol. The lowest BCUT2D eigenvalue weighted by Gasteiger charge is -2.24. The number of aromatic amines is 1. The molecule has 0 saturated heterocycles. The average Bonchev–Trinajstić information content (AvgIpc) is 2.61. The number of nitrogens with zero attached hydrogens (tertiary/aromatic N) is 1. The van der Waals surface area contributed by atoms with E-state index in [0.29, 0.717) is 12.8 Å². The molecule has 0 saturated carbocycles. The molecule has 172 valence electrons. The number of hydrogen-bond donors (Lipinski definition) is 1. The highest BCUT2D eigenvalue weighted by Gasteiger charge is 2.32. The van der Waals surface area contributed by atoms with Crippen LogP contribution in [-0.4, -0.2) is 36.7 Å². The largest absolute Gasteiger partial charge is 0.573 e. The molecule has 0 fully saturated rings. The SMILES string of the molecule is CC(C)(CCCOCn1ccc(=O)[nH]c1=O)CS(=O)(=O)c1cccc(OC(F)(F)F)c1. The van der Waals surface area contributed by atoms with Crippen molar-refractivity contribution in [3.05, 3.63) is 57.4 Å². The summed E-state index contributed by atoms with van der Waals surface area (Å²) in [7, 11) is -3.86.